The third kappa shape index (κ3) is 5.72. The molecule has 2 N–H and O–H groups in total. The highest BCUT2D eigenvalue weighted by Crippen LogP contribution is 2.46. The first kappa shape index (κ1) is 28.1. The molecular weight excluding hydrogens is 536 g/mol. The van der Waals surface area contributed by atoms with Gasteiger partial charge >= 0.3 is 11.9 Å². The fourth-order valence-corrected chi connectivity index (χ4v) is 4.04. The molecule has 0 unspecified atom stereocenters. The van der Waals surface area contributed by atoms with Gasteiger partial charge in [-0.25, -0.2) is 9.59 Å². The third-order valence-corrected chi connectivity index (χ3v) is 6.10. The molecule has 0 atom stereocenters. The van der Waals surface area contributed by atoms with Crippen LogP contribution in [0, 0.1) is 0 Å². The van der Waals surface area contributed by atoms with Gasteiger partial charge in [0.1, 0.15) is 0 Å². The summed E-state index contributed by atoms with van der Waals surface area (Å²) in [7, 11) is 0. The number of ketones is 2. The van der Waals surface area contributed by atoms with E-state index < -0.39 is 57.4 Å². The number of hydrogen-bond acceptors (Lipinski definition) is 8. The number of rotatable bonds is 9. The monoisotopic (exact) mass is 558 g/mol. The summed E-state index contributed by atoms with van der Waals surface area (Å²) in [5.74, 6) is -6.83. The van der Waals surface area contributed by atoms with Gasteiger partial charge in [-0.2, -0.15) is 0 Å². The summed E-state index contributed by atoms with van der Waals surface area (Å²) in [6, 6.07) is 20.9. The van der Waals surface area contributed by atoms with E-state index in [9.17, 15) is 29.4 Å². The number of benzene rings is 4. The molecule has 0 aliphatic carbocycles. The van der Waals surface area contributed by atoms with E-state index in [2.05, 4.69) is 0 Å². The summed E-state index contributed by atoms with van der Waals surface area (Å²) < 4.78 is 10.7. The van der Waals surface area contributed by atoms with E-state index in [4.69, 9.17) is 21.1 Å². The Kier molecular flexibility index (Phi) is 8.61. The molecule has 0 amide bonds. The molecule has 202 valence electrons. The van der Waals surface area contributed by atoms with Crippen molar-refractivity contribution in [2.24, 2.45) is 0 Å². The van der Waals surface area contributed by atoms with Crippen molar-refractivity contribution in [1.82, 2.24) is 0 Å². The van der Waals surface area contributed by atoms with E-state index in [1.54, 1.807) is 43.3 Å². The van der Waals surface area contributed by atoms with Crippen LogP contribution in [0.5, 0.6) is 17.2 Å². The SMILES string of the molecule is CCCOC(=O)c1c(C(=O)c2ccccc2)c(O)c(O)c(OC(=O)c2ccccc2)c1C(=O)c1ccc(Cl)cc1. The molecule has 4 rings (SSSR count). The van der Waals surface area contributed by atoms with E-state index in [0.717, 1.165) is 0 Å². The van der Waals surface area contributed by atoms with Crippen LogP contribution in [-0.4, -0.2) is 40.3 Å². The van der Waals surface area contributed by atoms with E-state index in [-0.39, 0.29) is 23.3 Å². The zero-order valence-electron chi connectivity index (χ0n) is 21.2. The number of phenolic OH excluding ortho intramolecular Hbond substituents is 2. The number of carbonyl (C=O) groups excluding carboxylic acids is 4. The molecule has 40 heavy (non-hydrogen) atoms. The molecule has 0 aliphatic rings. The predicted molar refractivity (Wildman–Crippen MR) is 147 cm³/mol. The van der Waals surface area contributed by atoms with Crippen LogP contribution >= 0.6 is 11.6 Å². The Balaban J connectivity index is 2.04. The van der Waals surface area contributed by atoms with Crippen LogP contribution in [0.25, 0.3) is 0 Å². The topological polar surface area (TPSA) is 127 Å². The summed E-state index contributed by atoms with van der Waals surface area (Å²) in [5.41, 5.74) is -1.86. The highest BCUT2D eigenvalue weighted by atomic mass is 35.5. The summed E-state index contributed by atoms with van der Waals surface area (Å²) in [6.07, 6.45) is 0.411. The Bertz CT molecular complexity index is 1580. The zero-order valence-corrected chi connectivity index (χ0v) is 22.0. The van der Waals surface area contributed by atoms with Gasteiger partial charge in [-0.1, -0.05) is 67.1 Å². The standard InChI is InChI=1S/C31H23ClO8/c1-2-17-39-31(38)22-23(25(33)18-9-5-3-6-10-18)27(35)28(36)29(40-30(37)20-11-7-4-8-12-20)24(22)26(34)19-13-15-21(32)16-14-19/h3-16,35-36H,2,17H2,1H3. The van der Waals surface area contributed by atoms with E-state index in [1.807, 2.05) is 0 Å². The Morgan fingerprint density at radius 3 is 1.75 bits per heavy atom. The van der Waals surface area contributed by atoms with Crippen LogP contribution in [0.4, 0.5) is 0 Å². The summed E-state index contributed by atoms with van der Waals surface area (Å²) in [5, 5.41) is 22.5. The van der Waals surface area contributed by atoms with Gasteiger partial charge in [0.25, 0.3) is 0 Å². The normalized spacial score (nSPS) is 10.6. The van der Waals surface area contributed by atoms with Crippen molar-refractivity contribution in [3.05, 3.63) is 123 Å². The minimum atomic E-state index is -1.13. The maximum absolute atomic E-state index is 13.9. The second-order valence-electron chi connectivity index (χ2n) is 8.57. The van der Waals surface area contributed by atoms with E-state index in [1.165, 1.54) is 48.5 Å². The molecule has 0 bridgehead atoms. The van der Waals surface area contributed by atoms with Crippen molar-refractivity contribution < 1.29 is 38.9 Å². The Morgan fingerprint density at radius 1 is 0.650 bits per heavy atom. The van der Waals surface area contributed by atoms with E-state index >= 15 is 0 Å². The molecule has 0 saturated heterocycles. The number of phenols is 2. The molecule has 0 aliphatic heterocycles. The molecule has 0 fully saturated rings. The fraction of sp³-hybridized carbons (Fsp3) is 0.0968. The molecule has 8 nitrogen and oxygen atoms in total. The smallest absolute Gasteiger partial charge is 0.343 e. The summed E-state index contributed by atoms with van der Waals surface area (Å²) in [4.78, 5) is 54.0. The van der Waals surface area contributed by atoms with Crippen LogP contribution in [-0.2, 0) is 4.74 Å². The van der Waals surface area contributed by atoms with Crippen LogP contribution in [0.2, 0.25) is 5.02 Å². The Labute approximate surface area is 234 Å². The molecule has 4 aromatic rings. The minimum Gasteiger partial charge on any atom is -0.504 e. The van der Waals surface area contributed by atoms with Gasteiger partial charge in [-0.15, -0.1) is 0 Å². The zero-order chi connectivity index (χ0) is 28.8. The lowest BCUT2D eigenvalue weighted by atomic mass is 9.88. The number of halogens is 1. The Hall–Kier alpha value is -4.95. The molecule has 0 heterocycles. The molecular formula is C31H23ClO8. The second kappa shape index (κ2) is 12.3. The molecule has 0 radical (unpaired) electrons. The van der Waals surface area contributed by atoms with Crippen molar-refractivity contribution in [1.29, 1.82) is 0 Å². The number of esters is 2. The first-order valence-corrected chi connectivity index (χ1v) is 12.6. The molecule has 0 saturated carbocycles. The Morgan fingerprint density at radius 2 is 1.18 bits per heavy atom. The van der Waals surface area contributed by atoms with Gasteiger partial charge in [-0.3, -0.25) is 9.59 Å². The first-order valence-electron chi connectivity index (χ1n) is 12.2. The maximum atomic E-state index is 13.9. The molecule has 0 spiro atoms. The lowest BCUT2D eigenvalue weighted by Crippen LogP contribution is -2.21. The van der Waals surface area contributed by atoms with Gasteiger partial charge in [-0.05, 0) is 42.8 Å². The molecule has 4 aromatic carbocycles. The third-order valence-electron chi connectivity index (χ3n) is 5.85. The second-order valence-corrected chi connectivity index (χ2v) is 9.01. The van der Waals surface area contributed by atoms with Crippen molar-refractivity contribution >= 4 is 35.1 Å². The van der Waals surface area contributed by atoms with Crippen molar-refractivity contribution in [3.63, 3.8) is 0 Å². The lowest BCUT2D eigenvalue weighted by molar-refractivity contribution is 0.0496. The van der Waals surface area contributed by atoms with Crippen LogP contribution in [0.15, 0.2) is 84.9 Å². The minimum absolute atomic E-state index is 0.00542. The van der Waals surface area contributed by atoms with Gasteiger partial charge in [0.15, 0.2) is 23.1 Å². The largest absolute Gasteiger partial charge is 0.504 e. The number of hydrogen-bond donors (Lipinski definition) is 2. The van der Waals surface area contributed by atoms with Crippen molar-refractivity contribution in [3.8, 4) is 17.2 Å². The van der Waals surface area contributed by atoms with Gasteiger partial charge in [0.2, 0.25) is 5.75 Å². The maximum Gasteiger partial charge on any atom is 0.343 e. The van der Waals surface area contributed by atoms with Crippen LogP contribution < -0.4 is 4.74 Å². The van der Waals surface area contributed by atoms with Crippen molar-refractivity contribution in [2.75, 3.05) is 6.61 Å². The number of aromatic hydroxyl groups is 2. The quantitative estimate of drug-likeness (QED) is 0.111. The van der Waals surface area contributed by atoms with Crippen LogP contribution in [0.3, 0.4) is 0 Å². The fourth-order valence-electron chi connectivity index (χ4n) is 3.91. The molecule has 0 aromatic heterocycles. The van der Waals surface area contributed by atoms with Crippen LogP contribution in [0.1, 0.15) is 65.9 Å². The highest BCUT2D eigenvalue weighted by molar-refractivity contribution is 6.31. The predicted octanol–water partition coefficient (Wildman–Crippen LogP) is 6.00. The lowest BCUT2D eigenvalue weighted by Gasteiger charge is -2.20. The molecule has 9 heteroatoms. The summed E-state index contributed by atoms with van der Waals surface area (Å²) in [6.45, 7) is 1.66. The highest BCUT2D eigenvalue weighted by Gasteiger charge is 2.37. The van der Waals surface area contributed by atoms with Gasteiger partial charge < -0.3 is 19.7 Å². The van der Waals surface area contributed by atoms with E-state index in [0.29, 0.717) is 11.4 Å². The van der Waals surface area contributed by atoms with Crippen molar-refractivity contribution in [2.45, 2.75) is 13.3 Å². The van der Waals surface area contributed by atoms with Gasteiger partial charge in [0, 0.05) is 16.1 Å². The number of ether oxygens (including phenoxy) is 2. The summed E-state index contributed by atoms with van der Waals surface area (Å²) >= 11 is 5.98. The first-order chi connectivity index (χ1) is 19.2. The number of carbonyl (C=O) groups is 4. The average Bonchev–Trinajstić information content (AvgIpc) is 2.98. The average molecular weight is 559 g/mol. The van der Waals surface area contributed by atoms with Gasteiger partial charge in [0.05, 0.1) is 28.9 Å².